The van der Waals surface area contributed by atoms with Crippen LogP contribution in [0.4, 0.5) is 0 Å². The first-order valence-corrected chi connectivity index (χ1v) is 4.30. The molecule has 0 heterocycles. The highest BCUT2D eigenvalue weighted by Gasteiger charge is 2.03. The lowest BCUT2D eigenvalue weighted by molar-refractivity contribution is -0.144. The minimum Gasteiger partial charge on any atom is -0.481 e. The summed E-state index contributed by atoms with van der Waals surface area (Å²) < 4.78 is 4.51. The van der Waals surface area contributed by atoms with Gasteiger partial charge in [0.05, 0.1) is 0 Å². The Bertz CT molecular complexity index is 239. The molecular weight excluding hydrogens is 206 g/mol. The molecule has 0 fully saturated rings. The third-order valence-corrected chi connectivity index (χ3v) is 1.35. The summed E-state index contributed by atoms with van der Waals surface area (Å²) in [6, 6.07) is 0. The Hall–Kier alpha value is -1.63. The summed E-state index contributed by atoms with van der Waals surface area (Å²) in [6.07, 6.45) is 0.316. The second kappa shape index (κ2) is 7.74. The average Bonchev–Trinajstić information content (AvgIpc) is 2.11. The second-order valence-electron chi connectivity index (χ2n) is 2.73. The van der Waals surface area contributed by atoms with Crippen molar-refractivity contribution in [3.05, 3.63) is 0 Å². The normalized spacial score (nSPS) is 9.60. The van der Waals surface area contributed by atoms with E-state index in [2.05, 4.69) is 10.1 Å². The van der Waals surface area contributed by atoms with E-state index < -0.39 is 24.5 Å². The molecule has 0 bridgehead atoms. The molecule has 0 aliphatic heterocycles. The van der Waals surface area contributed by atoms with Crippen LogP contribution in [0.25, 0.3) is 0 Å². The fraction of sp³-hybridized carbons (Fsp3) is 0.625. The van der Waals surface area contributed by atoms with Crippen molar-refractivity contribution < 1.29 is 29.3 Å². The molecule has 0 aromatic rings. The number of ether oxygens (including phenoxy) is 1. The number of amides is 1. The van der Waals surface area contributed by atoms with E-state index in [4.69, 9.17) is 10.2 Å². The maximum absolute atomic E-state index is 10.9. The number of hydrogen-bond donors (Lipinski definition) is 3. The van der Waals surface area contributed by atoms with E-state index in [1.54, 1.807) is 0 Å². The van der Waals surface area contributed by atoms with Gasteiger partial charge in [-0.15, -0.1) is 0 Å². The molecule has 0 rings (SSSR count). The quantitative estimate of drug-likeness (QED) is 0.454. The largest absolute Gasteiger partial charge is 0.481 e. The van der Waals surface area contributed by atoms with E-state index in [1.165, 1.54) is 0 Å². The van der Waals surface area contributed by atoms with Crippen molar-refractivity contribution in [2.24, 2.45) is 0 Å². The minimum atomic E-state index is -1.14. The van der Waals surface area contributed by atoms with Gasteiger partial charge in [-0.05, 0) is 6.42 Å². The van der Waals surface area contributed by atoms with Crippen molar-refractivity contribution in [2.75, 3.05) is 19.8 Å². The number of aliphatic carboxylic acids is 2. The molecule has 7 heteroatoms. The Morgan fingerprint density at radius 1 is 1.07 bits per heavy atom. The highest BCUT2D eigenvalue weighted by molar-refractivity contribution is 5.77. The third kappa shape index (κ3) is 10.3. The number of carboxylic acid groups (broad SMARTS) is 2. The molecule has 0 unspecified atom stereocenters. The first kappa shape index (κ1) is 13.4. The monoisotopic (exact) mass is 219 g/mol. The number of carboxylic acids is 2. The predicted octanol–water partition coefficient (Wildman–Crippen LogP) is -0.931. The van der Waals surface area contributed by atoms with Crippen LogP contribution in [0.1, 0.15) is 12.8 Å². The molecule has 86 valence electrons. The number of carbonyl (C=O) groups is 3. The van der Waals surface area contributed by atoms with E-state index >= 15 is 0 Å². The van der Waals surface area contributed by atoms with Gasteiger partial charge in [0.1, 0.15) is 13.2 Å². The van der Waals surface area contributed by atoms with Gasteiger partial charge in [0, 0.05) is 13.0 Å². The van der Waals surface area contributed by atoms with Gasteiger partial charge in [-0.1, -0.05) is 0 Å². The van der Waals surface area contributed by atoms with Crippen LogP contribution in [0.3, 0.4) is 0 Å². The van der Waals surface area contributed by atoms with Gasteiger partial charge in [-0.25, -0.2) is 4.79 Å². The Morgan fingerprint density at radius 3 is 2.27 bits per heavy atom. The topological polar surface area (TPSA) is 113 Å². The predicted molar refractivity (Wildman–Crippen MR) is 48.3 cm³/mol. The van der Waals surface area contributed by atoms with E-state index in [0.717, 1.165) is 0 Å². The van der Waals surface area contributed by atoms with Crippen LogP contribution in [0.5, 0.6) is 0 Å². The van der Waals surface area contributed by atoms with Crippen molar-refractivity contribution in [3.63, 3.8) is 0 Å². The Morgan fingerprint density at radius 2 is 1.73 bits per heavy atom. The van der Waals surface area contributed by atoms with Crippen molar-refractivity contribution in [1.29, 1.82) is 0 Å². The zero-order valence-corrected chi connectivity index (χ0v) is 8.06. The van der Waals surface area contributed by atoms with Crippen LogP contribution in [0, 0.1) is 0 Å². The number of carbonyl (C=O) groups excluding carboxylic acids is 1. The summed E-state index contributed by atoms with van der Waals surface area (Å²) in [5.41, 5.74) is 0. The van der Waals surface area contributed by atoms with E-state index in [-0.39, 0.29) is 19.6 Å². The molecule has 0 radical (unpaired) electrons. The molecule has 0 aliphatic carbocycles. The maximum atomic E-state index is 10.9. The average molecular weight is 219 g/mol. The van der Waals surface area contributed by atoms with Gasteiger partial charge >= 0.3 is 11.9 Å². The van der Waals surface area contributed by atoms with Crippen LogP contribution in [0.15, 0.2) is 0 Å². The second-order valence-corrected chi connectivity index (χ2v) is 2.73. The lowest BCUT2D eigenvalue weighted by Gasteiger charge is -2.03. The van der Waals surface area contributed by atoms with Crippen molar-refractivity contribution in [3.8, 4) is 0 Å². The van der Waals surface area contributed by atoms with Crippen molar-refractivity contribution in [2.45, 2.75) is 12.8 Å². The molecule has 1 amide bonds. The molecule has 0 saturated carbocycles. The van der Waals surface area contributed by atoms with Crippen molar-refractivity contribution >= 4 is 17.8 Å². The molecule has 0 aromatic heterocycles. The van der Waals surface area contributed by atoms with Crippen LogP contribution >= 0.6 is 0 Å². The molecular formula is C8H13NO6. The molecule has 0 saturated heterocycles. The van der Waals surface area contributed by atoms with Crippen LogP contribution in [-0.2, 0) is 19.1 Å². The first-order chi connectivity index (χ1) is 7.02. The van der Waals surface area contributed by atoms with Crippen molar-refractivity contribution in [1.82, 2.24) is 5.32 Å². The van der Waals surface area contributed by atoms with E-state index in [9.17, 15) is 14.4 Å². The SMILES string of the molecule is O=C(O)CCCNC(=O)COCC(=O)O. The zero-order valence-electron chi connectivity index (χ0n) is 8.06. The molecule has 0 spiro atoms. The van der Waals surface area contributed by atoms with Crippen LogP contribution < -0.4 is 5.32 Å². The fourth-order valence-electron chi connectivity index (χ4n) is 0.749. The third-order valence-electron chi connectivity index (χ3n) is 1.35. The Kier molecular flexibility index (Phi) is 6.90. The zero-order chi connectivity index (χ0) is 11.7. The van der Waals surface area contributed by atoms with Gasteiger partial charge in [0.2, 0.25) is 5.91 Å². The lowest BCUT2D eigenvalue weighted by Crippen LogP contribution is -2.29. The molecule has 0 atom stereocenters. The summed E-state index contributed by atoms with van der Waals surface area (Å²) in [5.74, 6) is -2.53. The van der Waals surface area contributed by atoms with E-state index in [1.807, 2.05) is 0 Å². The van der Waals surface area contributed by atoms with Crippen LogP contribution in [0.2, 0.25) is 0 Å². The Labute approximate surface area is 86.0 Å². The molecule has 3 N–H and O–H groups in total. The summed E-state index contributed by atoms with van der Waals surface area (Å²) in [4.78, 5) is 31.0. The number of nitrogens with one attached hydrogen (secondary N) is 1. The highest BCUT2D eigenvalue weighted by Crippen LogP contribution is 1.86. The minimum absolute atomic E-state index is 0.0176. The summed E-state index contributed by atoms with van der Waals surface area (Å²) >= 11 is 0. The lowest BCUT2D eigenvalue weighted by atomic mass is 10.3. The molecule has 7 nitrogen and oxygen atoms in total. The van der Waals surface area contributed by atoms with Gasteiger partial charge in [0.15, 0.2) is 0 Å². The van der Waals surface area contributed by atoms with E-state index in [0.29, 0.717) is 6.42 Å². The Balaban J connectivity index is 3.33. The number of hydrogen-bond acceptors (Lipinski definition) is 4. The fourth-order valence-corrected chi connectivity index (χ4v) is 0.749. The smallest absolute Gasteiger partial charge is 0.329 e. The summed E-state index contributed by atoms with van der Waals surface area (Å²) in [7, 11) is 0. The summed E-state index contributed by atoms with van der Waals surface area (Å²) in [6.45, 7) is -0.622. The van der Waals surface area contributed by atoms with Gasteiger partial charge < -0.3 is 20.3 Å². The molecule has 0 aromatic carbocycles. The first-order valence-electron chi connectivity index (χ1n) is 4.30. The van der Waals surface area contributed by atoms with Gasteiger partial charge in [-0.3, -0.25) is 9.59 Å². The van der Waals surface area contributed by atoms with Crippen LogP contribution in [-0.4, -0.2) is 47.8 Å². The summed E-state index contributed by atoms with van der Waals surface area (Å²) in [5, 5.41) is 18.8. The highest BCUT2D eigenvalue weighted by atomic mass is 16.5. The standard InChI is InChI=1S/C8H13NO6/c10-6(4-15-5-8(13)14)9-3-1-2-7(11)12/h1-5H2,(H,9,10)(H,11,12)(H,13,14). The molecule has 0 aliphatic rings. The number of rotatable bonds is 8. The van der Waals surface area contributed by atoms with Gasteiger partial charge in [0.25, 0.3) is 0 Å². The molecule has 15 heavy (non-hydrogen) atoms. The maximum Gasteiger partial charge on any atom is 0.329 e. The van der Waals surface area contributed by atoms with Gasteiger partial charge in [-0.2, -0.15) is 0 Å².